The van der Waals surface area contributed by atoms with Crippen molar-refractivity contribution in [1.82, 2.24) is 0 Å². The third-order valence-electron chi connectivity index (χ3n) is 0.440. The van der Waals surface area contributed by atoms with Gasteiger partial charge >= 0.3 is 45.2 Å². The minimum absolute atomic E-state index is 0. The van der Waals surface area contributed by atoms with Gasteiger partial charge in [-0.15, -0.1) is 0 Å². The number of phosphoric acid groups is 2. The molecule has 1 unspecified atom stereocenters. The van der Waals surface area contributed by atoms with Gasteiger partial charge in [0.15, 0.2) is 0 Å². The van der Waals surface area contributed by atoms with Gasteiger partial charge in [-0.3, -0.25) is 4.52 Å². The van der Waals surface area contributed by atoms with E-state index in [1.807, 2.05) is 0 Å². The van der Waals surface area contributed by atoms with Crippen molar-refractivity contribution in [2.75, 3.05) is 7.11 Å². The standard InChI is InChI=1S/CH6O7P2.Na.H/c1-7-10(5,6)8-9(2,3)4;;/h1H3,(H,5,6)(H2,2,3,4);;/q;+1;-1. The summed E-state index contributed by atoms with van der Waals surface area (Å²) in [7, 11) is -8.71. The number of phosphoric ester groups is 1. The summed E-state index contributed by atoms with van der Waals surface area (Å²) in [6, 6.07) is 0. The fourth-order valence-corrected chi connectivity index (χ4v) is 1.51. The fourth-order valence-electron chi connectivity index (χ4n) is 0.168. The molecule has 7 nitrogen and oxygen atoms in total. The van der Waals surface area contributed by atoms with Crippen LogP contribution in [0.5, 0.6) is 0 Å². The van der Waals surface area contributed by atoms with E-state index in [-0.39, 0.29) is 31.0 Å². The molecular formula is CH7NaO7P2. The van der Waals surface area contributed by atoms with Crippen LogP contribution < -0.4 is 29.6 Å². The van der Waals surface area contributed by atoms with E-state index in [0.717, 1.165) is 7.11 Å². The molecule has 0 heterocycles. The molecule has 0 saturated heterocycles. The maximum Gasteiger partial charge on any atom is 1.00 e. The predicted molar refractivity (Wildman–Crippen MR) is 31.1 cm³/mol. The third kappa shape index (κ3) is 9.17. The van der Waals surface area contributed by atoms with Gasteiger partial charge < -0.3 is 16.1 Å². The van der Waals surface area contributed by atoms with E-state index in [1.54, 1.807) is 0 Å². The van der Waals surface area contributed by atoms with E-state index in [2.05, 4.69) is 8.83 Å². The van der Waals surface area contributed by atoms with Crippen molar-refractivity contribution >= 4 is 15.6 Å². The Morgan fingerprint density at radius 1 is 1.27 bits per heavy atom. The second-order valence-electron chi connectivity index (χ2n) is 1.22. The van der Waals surface area contributed by atoms with Crippen molar-refractivity contribution in [3.63, 3.8) is 0 Å². The maximum atomic E-state index is 10.2. The van der Waals surface area contributed by atoms with E-state index in [9.17, 15) is 9.13 Å². The zero-order chi connectivity index (χ0) is 8.41. The molecule has 1 atom stereocenters. The molecule has 0 fully saturated rings. The van der Waals surface area contributed by atoms with Crippen molar-refractivity contribution in [2.24, 2.45) is 0 Å². The summed E-state index contributed by atoms with van der Waals surface area (Å²) in [5, 5.41) is 0. The first kappa shape index (κ1) is 14.8. The van der Waals surface area contributed by atoms with E-state index < -0.39 is 15.6 Å². The molecule has 3 N–H and O–H groups in total. The van der Waals surface area contributed by atoms with Crippen molar-refractivity contribution in [2.45, 2.75) is 0 Å². The average molecular weight is 216 g/mol. The van der Waals surface area contributed by atoms with Gasteiger partial charge in [-0.05, 0) is 0 Å². The molecule has 64 valence electrons. The van der Waals surface area contributed by atoms with Crippen LogP contribution in [0.3, 0.4) is 0 Å². The third-order valence-corrected chi connectivity index (χ3v) is 2.58. The molecule has 0 aromatic carbocycles. The molecule has 10 heteroatoms. The fraction of sp³-hybridized carbons (Fsp3) is 1.00. The van der Waals surface area contributed by atoms with Crippen molar-refractivity contribution in [3.05, 3.63) is 0 Å². The van der Waals surface area contributed by atoms with Crippen LogP contribution in [-0.2, 0) is 18.0 Å². The van der Waals surface area contributed by atoms with Crippen LogP contribution in [-0.4, -0.2) is 21.8 Å². The minimum Gasteiger partial charge on any atom is -1.00 e. The Hall–Kier alpha value is 1.26. The van der Waals surface area contributed by atoms with E-state index in [0.29, 0.717) is 0 Å². The van der Waals surface area contributed by atoms with Crippen molar-refractivity contribution < 1.29 is 63.6 Å². The van der Waals surface area contributed by atoms with E-state index in [4.69, 9.17) is 14.7 Å². The number of rotatable bonds is 3. The molecule has 0 aromatic heterocycles. The van der Waals surface area contributed by atoms with E-state index in [1.165, 1.54) is 0 Å². The van der Waals surface area contributed by atoms with Crippen LogP contribution >= 0.6 is 15.6 Å². The first-order valence-corrected chi connectivity index (χ1v) is 4.95. The smallest absolute Gasteiger partial charge is 1.00 e. The molecule has 0 aliphatic rings. The number of hydrogen-bond acceptors (Lipinski definition) is 4. The molecular weight excluding hydrogens is 209 g/mol. The normalized spacial score (nSPS) is 16.7. The van der Waals surface area contributed by atoms with Crippen LogP contribution in [0.2, 0.25) is 0 Å². The first-order valence-electron chi connectivity index (χ1n) is 1.92. The molecule has 11 heavy (non-hydrogen) atoms. The van der Waals surface area contributed by atoms with Crippen LogP contribution in [0.15, 0.2) is 0 Å². The summed E-state index contributed by atoms with van der Waals surface area (Å²) in [5.74, 6) is 0. The second kappa shape index (κ2) is 5.09. The summed E-state index contributed by atoms with van der Waals surface area (Å²) in [4.78, 5) is 24.2. The number of hydrogen-bond donors (Lipinski definition) is 3. The minimum atomic E-state index is -4.94. The zero-order valence-electron chi connectivity index (χ0n) is 6.87. The zero-order valence-corrected chi connectivity index (χ0v) is 9.66. The Bertz CT molecular complexity index is 200. The summed E-state index contributed by atoms with van der Waals surface area (Å²) >= 11 is 0. The topological polar surface area (TPSA) is 113 Å². The molecule has 0 bridgehead atoms. The van der Waals surface area contributed by atoms with Crippen LogP contribution in [0.1, 0.15) is 1.43 Å². The summed E-state index contributed by atoms with van der Waals surface area (Å²) in [6.45, 7) is 0. The monoisotopic (exact) mass is 216 g/mol. The van der Waals surface area contributed by atoms with Gasteiger partial charge in [0, 0.05) is 7.11 Å². The second-order valence-corrected chi connectivity index (χ2v) is 4.16. The molecule has 0 spiro atoms. The van der Waals surface area contributed by atoms with Gasteiger partial charge in [-0.2, -0.15) is 4.31 Å². The molecule has 0 amide bonds. The molecule has 0 aromatic rings. The molecule has 0 aliphatic heterocycles. The molecule has 0 radical (unpaired) electrons. The Kier molecular flexibility index (Phi) is 6.83. The van der Waals surface area contributed by atoms with Gasteiger partial charge in [0.2, 0.25) is 0 Å². The average Bonchev–Trinajstić information content (AvgIpc) is 1.60. The van der Waals surface area contributed by atoms with E-state index >= 15 is 0 Å². The Morgan fingerprint density at radius 2 is 1.64 bits per heavy atom. The largest absolute Gasteiger partial charge is 1.00 e. The maximum absolute atomic E-state index is 10.2. The summed E-state index contributed by atoms with van der Waals surface area (Å²) in [6.07, 6.45) is 0. The predicted octanol–water partition coefficient (Wildman–Crippen LogP) is -3.04. The molecule has 0 aliphatic carbocycles. The first-order chi connectivity index (χ1) is 4.27. The van der Waals surface area contributed by atoms with Gasteiger partial charge in [0.25, 0.3) is 0 Å². The Balaban J connectivity index is -0.000000405. The van der Waals surface area contributed by atoms with Crippen LogP contribution in [0, 0.1) is 0 Å². The Morgan fingerprint density at radius 3 is 1.73 bits per heavy atom. The van der Waals surface area contributed by atoms with Gasteiger partial charge in [-0.1, -0.05) is 0 Å². The summed E-state index contributed by atoms with van der Waals surface area (Å²) < 4.78 is 27.1. The SMILES string of the molecule is COP(=O)(O)OP(=O)(O)O.[H-].[Na+]. The quantitative estimate of drug-likeness (QED) is 0.339. The van der Waals surface area contributed by atoms with Crippen LogP contribution in [0.4, 0.5) is 0 Å². The van der Waals surface area contributed by atoms with Crippen molar-refractivity contribution in [3.8, 4) is 0 Å². The van der Waals surface area contributed by atoms with Crippen molar-refractivity contribution in [1.29, 1.82) is 0 Å². The van der Waals surface area contributed by atoms with Crippen LogP contribution in [0.25, 0.3) is 0 Å². The van der Waals surface area contributed by atoms with Gasteiger partial charge in [0.05, 0.1) is 0 Å². The van der Waals surface area contributed by atoms with Gasteiger partial charge in [0.1, 0.15) is 0 Å². The molecule has 0 saturated carbocycles. The Labute approximate surface area is 86.3 Å². The van der Waals surface area contributed by atoms with Gasteiger partial charge in [-0.25, -0.2) is 9.13 Å². The molecule has 0 rings (SSSR count). The summed E-state index contributed by atoms with van der Waals surface area (Å²) in [5.41, 5.74) is 0.